The van der Waals surface area contributed by atoms with Crippen molar-refractivity contribution < 1.29 is 5.11 Å². The summed E-state index contributed by atoms with van der Waals surface area (Å²) in [7, 11) is 0. The molecule has 1 nitrogen and oxygen atoms in total. The predicted octanol–water partition coefficient (Wildman–Crippen LogP) is 4.44. The lowest BCUT2D eigenvalue weighted by Gasteiger charge is -2.05. The van der Waals surface area contributed by atoms with Crippen LogP contribution >= 0.6 is 0 Å². The van der Waals surface area contributed by atoms with Crippen LogP contribution in [0.5, 0.6) is 5.75 Å². The van der Waals surface area contributed by atoms with E-state index < -0.39 is 0 Å². The third-order valence-corrected chi connectivity index (χ3v) is 3.38. The third-order valence-electron chi connectivity index (χ3n) is 3.38. The first kappa shape index (κ1) is 11.8. The van der Waals surface area contributed by atoms with Gasteiger partial charge in [-0.15, -0.1) is 0 Å². The van der Waals surface area contributed by atoms with E-state index in [9.17, 15) is 5.11 Å². The summed E-state index contributed by atoms with van der Waals surface area (Å²) in [5, 5.41) is 11.7. The van der Waals surface area contributed by atoms with Gasteiger partial charge in [-0.05, 0) is 47.4 Å². The van der Waals surface area contributed by atoms with E-state index in [1.165, 1.54) is 22.1 Å². The van der Waals surface area contributed by atoms with Gasteiger partial charge >= 0.3 is 0 Å². The summed E-state index contributed by atoms with van der Waals surface area (Å²) in [5.41, 5.74) is 3.92. The van der Waals surface area contributed by atoms with Crippen LogP contribution in [0.15, 0.2) is 60.7 Å². The Labute approximate surface area is 113 Å². The van der Waals surface area contributed by atoms with E-state index in [0.29, 0.717) is 5.75 Å². The molecule has 0 bridgehead atoms. The minimum Gasteiger partial charge on any atom is -0.508 e. The Kier molecular flexibility index (Phi) is 2.96. The van der Waals surface area contributed by atoms with E-state index in [1.807, 2.05) is 6.07 Å². The molecule has 0 unspecified atom stereocenters. The number of phenolic OH excluding ortho intramolecular Hbond substituents is 1. The van der Waals surface area contributed by atoms with Gasteiger partial charge in [-0.25, -0.2) is 0 Å². The molecule has 0 amide bonds. The number of rotatable bonds is 2. The molecule has 0 radical (unpaired) electrons. The zero-order chi connectivity index (χ0) is 13.2. The monoisotopic (exact) mass is 248 g/mol. The molecule has 0 spiro atoms. The lowest BCUT2D eigenvalue weighted by atomic mass is 10.00. The van der Waals surface area contributed by atoms with Crippen LogP contribution in [0, 0.1) is 6.92 Å². The Balaban J connectivity index is 1.95. The predicted molar refractivity (Wildman–Crippen MR) is 79.6 cm³/mol. The maximum Gasteiger partial charge on any atom is 0.116 e. The number of hydrogen-bond acceptors (Lipinski definition) is 1. The first-order chi connectivity index (χ1) is 9.20. The minimum atomic E-state index is 0.318. The minimum absolute atomic E-state index is 0.318. The lowest BCUT2D eigenvalue weighted by Crippen LogP contribution is -1.89. The normalized spacial score (nSPS) is 10.8. The van der Waals surface area contributed by atoms with E-state index in [4.69, 9.17) is 0 Å². The van der Waals surface area contributed by atoms with Gasteiger partial charge in [0.15, 0.2) is 0 Å². The summed E-state index contributed by atoms with van der Waals surface area (Å²) in [4.78, 5) is 0. The van der Waals surface area contributed by atoms with Crippen molar-refractivity contribution in [3.8, 4) is 5.75 Å². The number of hydrogen-bond donors (Lipinski definition) is 1. The molecule has 3 aromatic carbocycles. The molecule has 0 aromatic heterocycles. The first-order valence-corrected chi connectivity index (χ1v) is 6.48. The Bertz CT molecular complexity index is 729. The van der Waals surface area contributed by atoms with E-state index >= 15 is 0 Å². The summed E-state index contributed by atoms with van der Waals surface area (Å²) in [6.07, 6.45) is 0.943. The second-order valence-electron chi connectivity index (χ2n) is 5.03. The molecule has 0 aliphatic rings. The van der Waals surface area contributed by atoms with Crippen LogP contribution in [0.2, 0.25) is 0 Å². The second-order valence-corrected chi connectivity index (χ2v) is 5.03. The molecule has 0 aliphatic carbocycles. The van der Waals surface area contributed by atoms with Crippen molar-refractivity contribution >= 4 is 10.8 Å². The summed E-state index contributed by atoms with van der Waals surface area (Å²) >= 11 is 0. The van der Waals surface area contributed by atoms with E-state index in [-0.39, 0.29) is 0 Å². The van der Waals surface area contributed by atoms with Crippen molar-refractivity contribution in [2.75, 3.05) is 0 Å². The topological polar surface area (TPSA) is 20.2 Å². The maximum atomic E-state index is 9.47. The number of phenols is 1. The molecule has 0 heterocycles. The Hall–Kier alpha value is -2.28. The fraction of sp³-hybridized carbons (Fsp3) is 0.111. The average molecular weight is 248 g/mol. The van der Waals surface area contributed by atoms with Gasteiger partial charge < -0.3 is 5.11 Å². The fourth-order valence-corrected chi connectivity index (χ4v) is 2.45. The van der Waals surface area contributed by atoms with Crippen molar-refractivity contribution in [3.63, 3.8) is 0 Å². The average Bonchev–Trinajstić information content (AvgIpc) is 2.39. The number of aryl methyl sites for hydroxylation is 1. The van der Waals surface area contributed by atoms with E-state index in [1.54, 1.807) is 12.1 Å². The van der Waals surface area contributed by atoms with Crippen LogP contribution in [0.1, 0.15) is 16.7 Å². The lowest BCUT2D eigenvalue weighted by molar-refractivity contribution is 0.476. The second kappa shape index (κ2) is 4.77. The number of aromatic hydroxyl groups is 1. The highest BCUT2D eigenvalue weighted by Gasteiger charge is 2.00. The molecule has 0 atom stereocenters. The standard InChI is InChI=1S/C18H16O/c1-13-3-2-4-14(9-13)10-15-5-6-17-12-18(19)8-7-16(17)11-15/h2-9,11-12,19H,10H2,1H3. The maximum absolute atomic E-state index is 9.47. The number of fused-ring (bicyclic) bond motifs is 1. The van der Waals surface area contributed by atoms with Crippen LogP contribution in [0.3, 0.4) is 0 Å². The first-order valence-electron chi connectivity index (χ1n) is 6.48. The third kappa shape index (κ3) is 2.60. The largest absolute Gasteiger partial charge is 0.508 e. The molecule has 94 valence electrons. The highest BCUT2D eigenvalue weighted by Crippen LogP contribution is 2.22. The summed E-state index contributed by atoms with van der Waals surface area (Å²) < 4.78 is 0. The van der Waals surface area contributed by atoms with Gasteiger partial charge in [-0.3, -0.25) is 0 Å². The zero-order valence-electron chi connectivity index (χ0n) is 10.9. The van der Waals surface area contributed by atoms with E-state index in [2.05, 4.69) is 49.4 Å². The van der Waals surface area contributed by atoms with Gasteiger partial charge in [0, 0.05) is 0 Å². The van der Waals surface area contributed by atoms with Crippen molar-refractivity contribution in [1.29, 1.82) is 0 Å². The van der Waals surface area contributed by atoms with Crippen molar-refractivity contribution in [3.05, 3.63) is 77.4 Å². The molecular formula is C18H16O. The summed E-state index contributed by atoms with van der Waals surface area (Å²) in [6, 6.07) is 20.5. The van der Waals surface area contributed by atoms with Gasteiger partial charge in [0.05, 0.1) is 0 Å². The SMILES string of the molecule is Cc1cccc(Cc2ccc3cc(O)ccc3c2)c1. The summed E-state index contributed by atoms with van der Waals surface area (Å²) in [5.74, 6) is 0.318. The smallest absolute Gasteiger partial charge is 0.116 e. The Morgan fingerprint density at radius 1 is 0.789 bits per heavy atom. The van der Waals surface area contributed by atoms with Gasteiger partial charge in [0.25, 0.3) is 0 Å². The van der Waals surface area contributed by atoms with Crippen LogP contribution in [0.25, 0.3) is 10.8 Å². The Morgan fingerprint density at radius 2 is 1.53 bits per heavy atom. The van der Waals surface area contributed by atoms with Crippen LogP contribution in [-0.4, -0.2) is 5.11 Å². The van der Waals surface area contributed by atoms with Crippen molar-refractivity contribution in [2.24, 2.45) is 0 Å². The molecular weight excluding hydrogens is 232 g/mol. The molecule has 0 fully saturated rings. The van der Waals surface area contributed by atoms with Gasteiger partial charge in [0.1, 0.15) is 5.75 Å². The zero-order valence-corrected chi connectivity index (χ0v) is 10.9. The molecule has 19 heavy (non-hydrogen) atoms. The van der Waals surface area contributed by atoms with E-state index in [0.717, 1.165) is 11.8 Å². The summed E-state index contributed by atoms with van der Waals surface area (Å²) in [6.45, 7) is 2.12. The quantitative estimate of drug-likeness (QED) is 0.710. The molecule has 3 rings (SSSR count). The molecule has 1 N–H and O–H groups in total. The van der Waals surface area contributed by atoms with Gasteiger partial charge in [-0.2, -0.15) is 0 Å². The van der Waals surface area contributed by atoms with Crippen molar-refractivity contribution in [2.45, 2.75) is 13.3 Å². The molecule has 0 aliphatic heterocycles. The highest BCUT2D eigenvalue weighted by atomic mass is 16.3. The van der Waals surface area contributed by atoms with Crippen LogP contribution in [0.4, 0.5) is 0 Å². The Morgan fingerprint density at radius 3 is 2.37 bits per heavy atom. The van der Waals surface area contributed by atoms with Crippen LogP contribution in [-0.2, 0) is 6.42 Å². The fourth-order valence-electron chi connectivity index (χ4n) is 2.45. The van der Waals surface area contributed by atoms with Gasteiger partial charge in [-0.1, -0.05) is 54.1 Å². The van der Waals surface area contributed by atoms with Crippen molar-refractivity contribution in [1.82, 2.24) is 0 Å². The molecule has 0 saturated heterocycles. The highest BCUT2D eigenvalue weighted by molar-refractivity contribution is 5.84. The number of benzene rings is 3. The molecule has 1 heteroatoms. The van der Waals surface area contributed by atoms with Crippen LogP contribution < -0.4 is 0 Å². The van der Waals surface area contributed by atoms with Gasteiger partial charge in [0.2, 0.25) is 0 Å². The molecule has 3 aromatic rings. The molecule has 0 saturated carbocycles.